The molecule has 3 aromatic carbocycles. The number of rotatable bonds is 2. The summed E-state index contributed by atoms with van der Waals surface area (Å²) >= 11 is 0. The van der Waals surface area contributed by atoms with Gasteiger partial charge in [-0.3, -0.25) is 4.98 Å². The van der Waals surface area contributed by atoms with Crippen LogP contribution >= 0.6 is 0 Å². The smallest absolute Gasteiger partial charge is 0.130 e. The number of aryl methyl sites for hydroxylation is 1. The van der Waals surface area contributed by atoms with Gasteiger partial charge in [0, 0.05) is 59.8 Å². The predicted molar refractivity (Wildman–Crippen MR) is 144 cm³/mol. The van der Waals surface area contributed by atoms with Crippen molar-refractivity contribution in [2.45, 2.75) is 6.85 Å². The van der Waals surface area contributed by atoms with Gasteiger partial charge < -0.3 is 14.4 Å². The SMILES string of the molecule is [2H]C([2H])([2H])c1ccc(-c2[c-]cccc2)nc1.[Ir].[c-]1ccc2c(oc3c4cnccc4ccc23)c1-c1ccccn1. The minimum atomic E-state index is -2.09. The van der Waals surface area contributed by atoms with E-state index < -0.39 is 6.85 Å². The summed E-state index contributed by atoms with van der Waals surface area (Å²) in [6.07, 6.45) is 6.82. The quantitative estimate of drug-likeness (QED) is 0.178. The van der Waals surface area contributed by atoms with Crippen molar-refractivity contribution in [1.29, 1.82) is 0 Å². The van der Waals surface area contributed by atoms with Crippen molar-refractivity contribution in [2.75, 3.05) is 0 Å². The minimum absolute atomic E-state index is 0. The number of fused-ring (bicyclic) bond motifs is 5. The van der Waals surface area contributed by atoms with E-state index in [0.717, 1.165) is 55.2 Å². The van der Waals surface area contributed by atoms with Crippen molar-refractivity contribution in [3.05, 3.63) is 127 Å². The van der Waals surface area contributed by atoms with Crippen LogP contribution in [0.5, 0.6) is 0 Å². The predicted octanol–water partition coefficient (Wildman–Crippen LogP) is 7.85. The molecule has 5 heteroatoms. The number of benzene rings is 3. The van der Waals surface area contributed by atoms with E-state index in [2.05, 4.69) is 39.2 Å². The van der Waals surface area contributed by atoms with Gasteiger partial charge in [-0.15, -0.1) is 54.1 Å². The Morgan fingerprint density at radius 2 is 1.62 bits per heavy atom. The molecule has 1 radical (unpaired) electrons. The molecule has 4 aromatic heterocycles. The molecule has 7 rings (SSSR count). The standard InChI is InChI=1S/C20H11N2O.C12H10N.Ir/c1-2-10-22-18(6-1)16-5-3-4-14-15-8-7-13-9-11-21-12-17(13)20(15)23-19(14)16;1-10-7-8-12(13-9-10)11-5-3-2-4-6-11;/h1-4,6-12H;2-5,7-9H,1H3;/q2*-1;/i;1D3;. The first-order chi connectivity index (χ1) is 19.0. The Morgan fingerprint density at radius 1 is 0.703 bits per heavy atom. The van der Waals surface area contributed by atoms with E-state index in [9.17, 15) is 0 Å². The maximum absolute atomic E-state index is 7.23. The molecular weight excluding hydrogens is 635 g/mol. The van der Waals surface area contributed by atoms with E-state index in [-0.39, 0.29) is 25.7 Å². The average molecular weight is 659 g/mol. The summed E-state index contributed by atoms with van der Waals surface area (Å²) in [5, 5.41) is 4.31. The number of pyridine rings is 3. The van der Waals surface area contributed by atoms with Crippen LogP contribution in [-0.4, -0.2) is 15.0 Å². The van der Waals surface area contributed by atoms with E-state index >= 15 is 0 Å². The van der Waals surface area contributed by atoms with Crippen LogP contribution < -0.4 is 0 Å². The number of aromatic nitrogens is 3. The Hall–Kier alpha value is -4.18. The van der Waals surface area contributed by atoms with Gasteiger partial charge in [-0.2, -0.15) is 0 Å². The summed E-state index contributed by atoms with van der Waals surface area (Å²) in [4.78, 5) is 12.8. The zero-order chi connectivity index (χ0) is 26.8. The second-order valence-electron chi connectivity index (χ2n) is 8.16. The Labute approximate surface area is 232 Å². The maximum Gasteiger partial charge on any atom is 0.130 e. The fourth-order valence-corrected chi connectivity index (χ4v) is 4.17. The molecular formula is C32H21IrN3O-2. The third-order valence-corrected chi connectivity index (χ3v) is 5.89. The van der Waals surface area contributed by atoms with E-state index in [1.807, 2.05) is 60.8 Å². The molecule has 4 heterocycles. The number of furan rings is 1. The molecule has 0 aliphatic rings. The molecule has 0 aliphatic heterocycles. The van der Waals surface area contributed by atoms with Gasteiger partial charge in [-0.1, -0.05) is 47.3 Å². The first kappa shape index (κ1) is 21.0. The van der Waals surface area contributed by atoms with Gasteiger partial charge in [-0.25, -0.2) is 0 Å². The van der Waals surface area contributed by atoms with Gasteiger partial charge in [0.25, 0.3) is 0 Å². The van der Waals surface area contributed by atoms with Gasteiger partial charge in [0.2, 0.25) is 0 Å². The monoisotopic (exact) mass is 659 g/mol. The van der Waals surface area contributed by atoms with Crippen LogP contribution in [0.2, 0.25) is 0 Å². The van der Waals surface area contributed by atoms with Gasteiger partial charge >= 0.3 is 0 Å². The Kier molecular flexibility index (Phi) is 6.14. The summed E-state index contributed by atoms with van der Waals surface area (Å²) in [5.74, 6) is 0. The second kappa shape index (κ2) is 10.8. The van der Waals surface area contributed by atoms with Crippen molar-refractivity contribution >= 4 is 32.7 Å². The van der Waals surface area contributed by atoms with Gasteiger partial charge in [0.15, 0.2) is 0 Å². The van der Waals surface area contributed by atoms with Crippen LogP contribution in [0.15, 0.2) is 114 Å². The molecule has 0 spiro atoms. The van der Waals surface area contributed by atoms with Crippen molar-refractivity contribution in [2.24, 2.45) is 0 Å². The molecule has 0 fully saturated rings. The zero-order valence-electron chi connectivity index (χ0n) is 22.5. The Bertz CT molecular complexity index is 1890. The summed E-state index contributed by atoms with van der Waals surface area (Å²) in [6, 6.07) is 33.0. The normalized spacial score (nSPS) is 12.2. The number of hydrogen-bond donors (Lipinski definition) is 0. The van der Waals surface area contributed by atoms with Crippen LogP contribution in [-0.2, 0) is 20.1 Å². The van der Waals surface area contributed by atoms with E-state index in [4.69, 9.17) is 8.53 Å². The van der Waals surface area contributed by atoms with Crippen molar-refractivity contribution in [3.63, 3.8) is 0 Å². The van der Waals surface area contributed by atoms with E-state index in [1.165, 1.54) is 6.20 Å². The van der Waals surface area contributed by atoms with Crippen LogP contribution in [0.25, 0.3) is 55.2 Å². The fourth-order valence-electron chi connectivity index (χ4n) is 4.17. The van der Waals surface area contributed by atoms with Crippen LogP contribution in [0.3, 0.4) is 0 Å². The molecule has 0 N–H and O–H groups in total. The first-order valence-electron chi connectivity index (χ1n) is 12.9. The topological polar surface area (TPSA) is 51.8 Å². The number of nitrogens with zero attached hydrogens (tertiary/aromatic N) is 3. The molecule has 0 saturated heterocycles. The minimum Gasteiger partial charge on any atom is -0.500 e. The molecule has 0 saturated carbocycles. The molecule has 4 nitrogen and oxygen atoms in total. The molecule has 0 aliphatic carbocycles. The summed E-state index contributed by atoms with van der Waals surface area (Å²) in [6.45, 7) is -2.09. The average Bonchev–Trinajstić information content (AvgIpc) is 3.38. The van der Waals surface area contributed by atoms with E-state index in [1.54, 1.807) is 30.6 Å². The third kappa shape index (κ3) is 4.92. The van der Waals surface area contributed by atoms with Crippen molar-refractivity contribution < 1.29 is 28.6 Å². The van der Waals surface area contributed by atoms with Crippen LogP contribution in [0.4, 0.5) is 0 Å². The Morgan fingerprint density at radius 3 is 2.41 bits per heavy atom. The van der Waals surface area contributed by atoms with Crippen LogP contribution in [0.1, 0.15) is 9.68 Å². The molecule has 0 bridgehead atoms. The van der Waals surface area contributed by atoms with Crippen molar-refractivity contribution in [1.82, 2.24) is 15.0 Å². The van der Waals surface area contributed by atoms with Crippen LogP contribution in [0, 0.1) is 19.0 Å². The Balaban J connectivity index is 0.000000168. The largest absolute Gasteiger partial charge is 0.500 e. The molecule has 0 unspecified atom stereocenters. The van der Waals surface area contributed by atoms with Gasteiger partial charge in [0.1, 0.15) is 5.58 Å². The molecule has 7 aromatic rings. The fraction of sp³-hybridized carbons (Fsp3) is 0.0312. The third-order valence-electron chi connectivity index (χ3n) is 5.89. The first-order valence-corrected chi connectivity index (χ1v) is 11.4. The van der Waals surface area contributed by atoms with Gasteiger partial charge in [-0.05, 0) is 41.3 Å². The molecule has 0 atom stereocenters. The summed E-state index contributed by atoms with van der Waals surface area (Å²) in [7, 11) is 0. The molecule has 181 valence electrons. The van der Waals surface area contributed by atoms with Crippen molar-refractivity contribution in [3.8, 4) is 22.5 Å². The summed E-state index contributed by atoms with van der Waals surface area (Å²) < 4.78 is 27.9. The summed E-state index contributed by atoms with van der Waals surface area (Å²) in [5.41, 5.74) is 5.27. The molecule has 0 amide bonds. The van der Waals surface area contributed by atoms with E-state index in [0.29, 0.717) is 0 Å². The maximum atomic E-state index is 7.23. The zero-order valence-corrected chi connectivity index (χ0v) is 21.9. The number of hydrogen-bond acceptors (Lipinski definition) is 4. The van der Waals surface area contributed by atoms with Gasteiger partial charge in [0.05, 0.1) is 5.58 Å². The molecule has 37 heavy (non-hydrogen) atoms. The second-order valence-corrected chi connectivity index (χ2v) is 8.16.